The number of aliphatic hydroxyl groups excluding tert-OH is 1. The number of hydrogen-bond acceptors (Lipinski definition) is 7. The van der Waals surface area contributed by atoms with Crippen molar-refractivity contribution in [3.8, 4) is 0 Å². The van der Waals surface area contributed by atoms with Crippen molar-refractivity contribution in [2.45, 2.75) is 69.4 Å². The Kier molecular flexibility index (Phi) is 6.29. The van der Waals surface area contributed by atoms with Crippen LogP contribution in [0.2, 0.25) is 0 Å². The summed E-state index contributed by atoms with van der Waals surface area (Å²) in [5, 5.41) is 10.0. The van der Waals surface area contributed by atoms with Crippen molar-refractivity contribution in [3.63, 3.8) is 0 Å². The van der Waals surface area contributed by atoms with Gasteiger partial charge in [-0.1, -0.05) is 18.2 Å². The van der Waals surface area contributed by atoms with Gasteiger partial charge in [-0.15, -0.1) is 0 Å². The Bertz CT molecular complexity index is 582. The van der Waals surface area contributed by atoms with Gasteiger partial charge >= 0.3 is 7.12 Å². The van der Waals surface area contributed by atoms with Crippen molar-refractivity contribution >= 4 is 24.3 Å². The first-order valence-electron chi connectivity index (χ1n) is 9.48. The molecule has 3 heterocycles. The molecule has 0 saturated carbocycles. The van der Waals surface area contributed by atoms with Crippen molar-refractivity contribution in [1.29, 1.82) is 0 Å². The van der Waals surface area contributed by atoms with Crippen LogP contribution in [0.5, 0.6) is 0 Å². The maximum absolute atomic E-state index is 9.23. The van der Waals surface area contributed by atoms with E-state index in [9.17, 15) is 5.11 Å². The Labute approximate surface area is 161 Å². The number of hydrogen-bond donors (Lipinski definition) is 1. The van der Waals surface area contributed by atoms with Crippen LogP contribution in [0.4, 0.5) is 0 Å². The first-order chi connectivity index (χ1) is 12.3. The molecule has 0 amide bonds. The van der Waals surface area contributed by atoms with Crippen LogP contribution in [0.3, 0.4) is 0 Å². The third-order valence-electron chi connectivity index (χ3n) is 5.71. The van der Waals surface area contributed by atoms with E-state index in [-0.39, 0.29) is 17.8 Å². The molecule has 1 aromatic heterocycles. The van der Waals surface area contributed by atoms with Crippen LogP contribution in [-0.2, 0) is 9.31 Å². The molecule has 0 aromatic carbocycles. The summed E-state index contributed by atoms with van der Waals surface area (Å²) >= 11 is 1.68. The van der Waals surface area contributed by atoms with Gasteiger partial charge in [0.25, 0.3) is 0 Å². The molecule has 2 fully saturated rings. The van der Waals surface area contributed by atoms with Crippen molar-refractivity contribution in [2.24, 2.45) is 0 Å². The summed E-state index contributed by atoms with van der Waals surface area (Å²) in [6, 6.07) is 0.493. The largest absolute Gasteiger partial charge is 0.498 e. The van der Waals surface area contributed by atoms with E-state index >= 15 is 0 Å². The molecule has 8 heteroatoms. The Morgan fingerprint density at radius 2 is 1.85 bits per heavy atom. The van der Waals surface area contributed by atoms with Crippen LogP contribution in [0.15, 0.2) is 17.6 Å². The molecule has 0 aliphatic carbocycles. The fraction of sp³-hybridized carbons (Fsp3) is 0.778. The zero-order valence-electron chi connectivity index (χ0n) is 16.3. The SMILES string of the molecule is CC1(C)OB(c2cnc(SCC3CCCCN3CCO)nc2)OC1(C)C. The lowest BCUT2D eigenvalue weighted by Crippen LogP contribution is -2.42. The lowest BCUT2D eigenvalue weighted by Gasteiger charge is -2.34. The molecular formula is C18H30BN3O3S. The van der Waals surface area contributed by atoms with Gasteiger partial charge in [-0.05, 0) is 47.1 Å². The third kappa shape index (κ3) is 4.42. The van der Waals surface area contributed by atoms with Crippen molar-refractivity contribution in [1.82, 2.24) is 14.9 Å². The fourth-order valence-electron chi connectivity index (χ4n) is 3.34. The highest BCUT2D eigenvalue weighted by atomic mass is 32.2. The van der Waals surface area contributed by atoms with E-state index in [1.165, 1.54) is 19.3 Å². The van der Waals surface area contributed by atoms with E-state index in [1.54, 1.807) is 11.8 Å². The normalized spacial score (nSPS) is 25.6. The van der Waals surface area contributed by atoms with Crippen molar-refractivity contribution < 1.29 is 14.4 Å². The lowest BCUT2D eigenvalue weighted by molar-refractivity contribution is 0.00578. The van der Waals surface area contributed by atoms with Gasteiger partial charge < -0.3 is 14.4 Å². The summed E-state index contributed by atoms with van der Waals surface area (Å²) in [6.45, 7) is 10.2. The molecule has 1 atom stereocenters. The van der Waals surface area contributed by atoms with E-state index < -0.39 is 7.12 Å². The molecule has 2 saturated heterocycles. The van der Waals surface area contributed by atoms with Crippen LogP contribution >= 0.6 is 11.8 Å². The van der Waals surface area contributed by atoms with Crippen molar-refractivity contribution in [3.05, 3.63) is 12.4 Å². The number of β-amino-alcohol motifs (C(OH)–C–C–N with tert-alkyl or cyclic N) is 1. The minimum atomic E-state index is -0.419. The summed E-state index contributed by atoms with van der Waals surface area (Å²) in [7, 11) is -0.419. The van der Waals surface area contributed by atoms with E-state index in [0.29, 0.717) is 6.04 Å². The zero-order valence-corrected chi connectivity index (χ0v) is 17.1. The number of aromatic nitrogens is 2. The average Bonchev–Trinajstić information content (AvgIpc) is 2.82. The molecule has 1 N–H and O–H groups in total. The van der Waals surface area contributed by atoms with Gasteiger partial charge in [-0.3, -0.25) is 4.90 Å². The van der Waals surface area contributed by atoms with Gasteiger partial charge in [0, 0.05) is 36.2 Å². The summed E-state index contributed by atoms with van der Waals surface area (Å²) in [5.41, 5.74) is 0.136. The quantitative estimate of drug-likeness (QED) is 0.459. The van der Waals surface area contributed by atoms with Crippen LogP contribution < -0.4 is 5.46 Å². The van der Waals surface area contributed by atoms with E-state index in [0.717, 1.165) is 29.5 Å². The second-order valence-electron chi connectivity index (χ2n) is 8.11. The standard InChI is InChI=1S/C18H30BN3O3S/c1-17(2)18(3,4)25-19(24-17)14-11-20-16(21-12-14)26-13-15-7-5-6-8-22(15)9-10-23/h11-12,15,23H,5-10,13H2,1-4H3. The highest BCUT2D eigenvalue weighted by Gasteiger charge is 2.51. The van der Waals surface area contributed by atoms with Gasteiger partial charge in [-0.25, -0.2) is 9.97 Å². The maximum atomic E-state index is 9.23. The van der Waals surface area contributed by atoms with Crippen molar-refractivity contribution in [2.75, 3.05) is 25.4 Å². The van der Waals surface area contributed by atoms with Gasteiger partial charge in [0.05, 0.1) is 17.8 Å². The Hall–Kier alpha value is -0.665. The number of thioether (sulfide) groups is 1. The second-order valence-corrected chi connectivity index (χ2v) is 9.09. The number of nitrogens with zero attached hydrogens (tertiary/aromatic N) is 3. The Balaban J connectivity index is 1.57. The van der Waals surface area contributed by atoms with Crippen LogP contribution in [-0.4, -0.2) is 69.8 Å². The number of aliphatic hydroxyl groups is 1. The predicted molar refractivity (Wildman–Crippen MR) is 105 cm³/mol. The van der Waals surface area contributed by atoms with Crippen LogP contribution in [0.1, 0.15) is 47.0 Å². The lowest BCUT2D eigenvalue weighted by atomic mass is 9.81. The molecule has 3 rings (SSSR count). The number of likely N-dealkylation sites (tertiary alicyclic amines) is 1. The maximum Gasteiger partial charge on any atom is 0.498 e. The molecule has 2 aliphatic rings. The molecule has 0 radical (unpaired) electrons. The van der Waals surface area contributed by atoms with Gasteiger partial charge in [0.2, 0.25) is 0 Å². The second kappa shape index (κ2) is 8.14. The average molecular weight is 379 g/mol. The number of rotatable bonds is 6. The van der Waals surface area contributed by atoms with Gasteiger partial charge in [-0.2, -0.15) is 0 Å². The summed E-state index contributed by atoms with van der Waals surface area (Å²) < 4.78 is 12.1. The highest BCUT2D eigenvalue weighted by Crippen LogP contribution is 2.36. The van der Waals surface area contributed by atoms with Gasteiger partial charge in [0.15, 0.2) is 5.16 Å². The molecule has 1 unspecified atom stereocenters. The molecule has 0 bridgehead atoms. The van der Waals surface area contributed by atoms with E-state index in [4.69, 9.17) is 9.31 Å². The smallest absolute Gasteiger partial charge is 0.399 e. The summed E-state index contributed by atoms with van der Waals surface area (Å²) in [5.74, 6) is 0.954. The molecule has 0 spiro atoms. The van der Waals surface area contributed by atoms with Crippen LogP contribution in [0.25, 0.3) is 0 Å². The molecular weight excluding hydrogens is 349 g/mol. The monoisotopic (exact) mass is 379 g/mol. The van der Waals surface area contributed by atoms with E-state index in [2.05, 4.69) is 14.9 Å². The Morgan fingerprint density at radius 3 is 2.46 bits per heavy atom. The topological polar surface area (TPSA) is 67.7 Å². The predicted octanol–water partition coefficient (Wildman–Crippen LogP) is 1.71. The Morgan fingerprint density at radius 1 is 1.19 bits per heavy atom. The minimum absolute atomic E-state index is 0.223. The highest BCUT2D eigenvalue weighted by molar-refractivity contribution is 7.99. The molecule has 6 nitrogen and oxygen atoms in total. The summed E-state index contributed by atoms with van der Waals surface area (Å²) in [6.07, 6.45) is 7.28. The first-order valence-corrected chi connectivity index (χ1v) is 10.5. The fourth-order valence-corrected chi connectivity index (χ4v) is 4.32. The van der Waals surface area contributed by atoms with Crippen LogP contribution in [0, 0.1) is 0 Å². The molecule has 144 valence electrons. The molecule has 26 heavy (non-hydrogen) atoms. The zero-order chi connectivity index (χ0) is 18.8. The third-order valence-corrected chi connectivity index (χ3v) is 6.74. The van der Waals surface area contributed by atoms with Gasteiger partial charge in [0.1, 0.15) is 0 Å². The minimum Gasteiger partial charge on any atom is -0.399 e. The summed E-state index contributed by atoms with van der Waals surface area (Å²) in [4.78, 5) is 11.4. The first kappa shape index (κ1) is 20.1. The van der Waals surface area contributed by atoms with E-state index in [1.807, 2.05) is 40.1 Å². The molecule has 2 aliphatic heterocycles. The molecule has 1 aromatic rings. The number of piperidine rings is 1.